The topological polar surface area (TPSA) is 124 Å². The number of hydrogen-bond acceptors (Lipinski definition) is 10. The Labute approximate surface area is 222 Å². The number of aliphatic hydroxyl groups excluding tert-OH is 1. The standard InChI is InChI=1S/C27H50N2O8/c1-10-19-27(6,33)23(30)17(4)29(9)12-11-26(5,32)14-15(2)21(16(3)24(31)34-19)35-20-13-18(28(7)8)22-25(36-20)37-22/h15-23,25,30,32-33H,10-14H2,1-9H3/t15?,16?,17?,18?,19-,20?,21+,22?,23?,25-,26-,27-/m1/s1. The predicted octanol–water partition coefficient (Wildman–Crippen LogP) is 1.34. The van der Waals surface area contributed by atoms with Crippen molar-refractivity contribution in [1.82, 2.24) is 9.80 Å². The summed E-state index contributed by atoms with van der Waals surface area (Å²) < 4.78 is 24.0. The first kappa shape index (κ1) is 30.7. The molecular weight excluding hydrogens is 480 g/mol. The highest BCUT2D eigenvalue weighted by molar-refractivity contribution is 5.73. The molecule has 0 amide bonds. The summed E-state index contributed by atoms with van der Waals surface area (Å²) in [6.45, 7) is 11.2. The van der Waals surface area contributed by atoms with Gasteiger partial charge in [-0.1, -0.05) is 13.8 Å². The van der Waals surface area contributed by atoms with E-state index in [2.05, 4.69) is 4.90 Å². The Morgan fingerprint density at radius 2 is 1.81 bits per heavy atom. The van der Waals surface area contributed by atoms with Crippen molar-refractivity contribution in [2.24, 2.45) is 11.8 Å². The van der Waals surface area contributed by atoms with Gasteiger partial charge in [0.05, 0.1) is 17.6 Å². The number of carbonyl (C=O) groups excluding carboxylic acids is 1. The first-order valence-corrected chi connectivity index (χ1v) is 13.7. The van der Waals surface area contributed by atoms with Crippen LogP contribution < -0.4 is 0 Å². The lowest BCUT2D eigenvalue weighted by Gasteiger charge is -2.43. The van der Waals surface area contributed by atoms with Gasteiger partial charge < -0.3 is 44.1 Å². The van der Waals surface area contributed by atoms with Gasteiger partial charge in [0.25, 0.3) is 0 Å². The van der Waals surface area contributed by atoms with Crippen LogP contribution in [0.1, 0.15) is 67.2 Å². The number of esters is 1. The smallest absolute Gasteiger partial charge is 0.311 e. The fraction of sp³-hybridized carbons (Fsp3) is 0.963. The summed E-state index contributed by atoms with van der Waals surface area (Å²) in [6.07, 6.45) is -1.74. The Morgan fingerprint density at radius 1 is 1.16 bits per heavy atom. The molecule has 3 fully saturated rings. The minimum Gasteiger partial charge on any atom is -0.459 e. The molecule has 0 spiro atoms. The third kappa shape index (κ3) is 7.03. The second-order valence-corrected chi connectivity index (χ2v) is 12.3. The molecule has 3 aliphatic heterocycles. The summed E-state index contributed by atoms with van der Waals surface area (Å²) in [5.74, 6) is -1.42. The zero-order chi connectivity index (χ0) is 27.9. The molecule has 7 unspecified atom stereocenters. The van der Waals surface area contributed by atoms with Gasteiger partial charge in [-0.3, -0.25) is 4.79 Å². The Hall–Kier alpha value is -0.850. The molecule has 3 saturated heterocycles. The summed E-state index contributed by atoms with van der Waals surface area (Å²) in [6, 6.07) is -0.282. The molecule has 0 aromatic heterocycles. The summed E-state index contributed by atoms with van der Waals surface area (Å²) in [4.78, 5) is 17.5. The average molecular weight is 531 g/mol. The zero-order valence-corrected chi connectivity index (χ0v) is 24.1. The molecule has 0 radical (unpaired) electrons. The minimum atomic E-state index is -1.67. The van der Waals surface area contributed by atoms with Crippen LogP contribution in [0.2, 0.25) is 0 Å². The van der Waals surface area contributed by atoms with Gasteiger partial charge in [-0.05, 0) is 74.0 Å². The normalized spacial score (nSPS) is 48.7. The number of aliphatic hydroxyl groups is 3. The number of nitrogens with zero attached hydrogens (tertiary/aromatic N) is 2. The number of ether oxygens (including phenoxy) is 4. The van der Waals surface area contributed by atoms with E-state index in [0.717, 1.165) is 0 Å². The molecule has 37 heavy (non-hydrogen) atoms. The van der Waals surface area contributed by atoms with E-state index in [1.54, 1.807) is 13.8 Å². The Bertz CT molecular complexity index is 778. The van der Waals surface area contributed by atoms with E-state index < -0.39 is 53.7 Å². The molecule has 10 heteroatoms. The summed E-state index contributed by atoms with van der Waals surface area (Å²) in [5, 5.41) is 33.7. The van der Waals surface area contributed by atoms with E-state index in [1.165, 1.54) is 6.92 Å². The van der Waals surface area contributed by atoms with Gasteiger partial charge >= 0.3 is 5.97 Å². The maximum absolute atomic E-state index is 13.5. The Kier molecular flexibility index (Phi) is 9.72. The van der Waals surface area contributed by atoms with Gasteiger partial charge in [0.1, 0.15) is 23.9 Å². The number of epoxide rings is 1. The van der Waals surface area contributed by atoms with E-state index in [0.29, 0.717) is 32.2 Å². The molecular formula is C27H50N2O8. The van der Waals surface area contributed by atoms with Crippen LogP contribution >= 0.6 is 0 Å². The van der Waals surface area contributed by atoms with E-state index in [1.807, 2.05) is 46.8 Å². The van der Waals surface area contributed by atoms with E-state index in [9.17, 15) is 20.1 Å². The van der Waals surface area contributed by atoms with Crippen molar-refractivity contribution in [3.8, 4) is 0 Å². The van der Waals surface area contributed by atoms with Crippen LogP contribution in [0.25, 0.3) is 0 Å². The summed E-state index contributed by atoms with van der Waals surface area (Å²) in [5.41, 5.74) is -2.71. The monoisotopic (exact) mass is 530 g/mol. The number of carbonyl (C=O) groups is 1. The first-order chi connectivity index (χ1) is 17.1. The van der Waals surface area contributed by atoms with Crippen molar-refractivity contribution in [1.29, 1.82) is 0 Å². The van der Waals surface area contributed by atoms with Gasteiger partial charge in [0.2, 0.25) is 0 Å². The second-order valence-electron chi connectivity index (χ2n) is 12.3. The molecule has 12 atom stereocenters. The van der Waals surface area contributed by atoms with Gasteiger partial charge in [-0.2, -0.15) is 0 Å². The zero-order valence-electron chi connectivity index (χ0n) is 24.1. The highest BCUT2D eigenvalue weighted by atomic mass is 16.8. The fourth-order valence-corrected chi connectivity index (χ4v) is 5.99. The number of fused-ring (bicyclic) bond motifs is 1. The number of rotatable bonds is 4. The Morgan fingerprint density at radius 3 is 2.41 bits per heavy atom. The minimum absolute atomic E-state index is 0.0257. The molecule has 0 aromatic rings. The fourth-order valence-electron chi connectivity index (χ4n) is 5.99. The number of hydrogen-bond donors (Lipinski definition) is 3. The lowest BCUT2D eigenvalue weighted by atomic mass is 9.82. The second kappa shape index (κ2) is 11.7. The lowest BCUT2D eigenvalue weighted by Crippen LogP contribution is -2.59. The van der Waals surface area contributed by atoms with Crippen LogP contribution in [0.3, 0.4) is 0 Å². The van der Waals surface area contributed by atoms with Crippen molar-refractivity contribution >= 4 is 5.97 Å². The van der Waals surface area contributed by atoms with Crippen molar-refractivity contribution in [2.75, 3.05) is 27.7 Å². The average Bonchev–Trinajstić information content (AvgIpc) is 3.60. The van der Waals surface area contributed by atoms with E-state index >= 15 is 0 Å². The Balaban J connectivity index is 1.88. The maximum Gasteiger partial charge on any atom is 0.311 e. The molecule has 0 aromatic carbocycles. The molecule has 10 nitrogen and oxygen atoms in total. The van der Waals surface area contributed by atoms with Crippen LogP contribution in [0.15, 0.2) is 0 Å². The molecule has 0 aliphatic carbocycles. The molecule has 3 rings (SSSR count). The SMILES string of the molecule is CC[C@H]1OC(=O)C(C)[C@@H](OC2CC(N(C)C)C3O[C@H]3O2)C(C)C[C@](C)(O)CCN(C)C(C)C(O)[C@]1(C)O. The van der Waals surface area contributed by atoms with Crippen LogP contribution in [0.5, 0.6) is 0 Å². The van der Waals surface area contributed by atoms with Gasteiger partial charge in [0.15, 0.2) is 12.6 Å². The highest BCUT2D eigenvalue weighted by Gasteiger charge is 2.54. The molecule has 0 saturated carbocycles. The van der Waals surface area contributed by atoms with Gasteiger partial charge in [-0.15, -0.1) is 0 Å². The summed E-state index contributed by atoms with van der Waals surface area (Å²) in [7, 11) is 5.84. The van der Waals surface area contributed by atoms with Crippen molar-refractivity contribution < 1.29 is 39.1 Å². The third-order valence-electron chi connectivity index (χ3n) is 8.78. The highest BCUT2D eigenvalue weighted by Crippen LogP contribution is 2.40. The molecule has 3 heterocycles. The third-order valence-corrected chi connectivity index (χ3v) is 8.78. The van der Waals surface area contributed by atoms with Crippen molar-refractivity contribution in [3.63, 3.8) is 0 Å². The van der Waals surface area contributed by atoms with Crippen LogP contribution in [-0.2, 0) is 23.7 Å². The van der Waals surface area contributed by atoms with Gasteiger partial charge in [0, 0.05) is 25.0 Å². The predicted molar refractivity (Wildman–Crippen MR) is 138 cm³/mol. The quantitative estimate of drug-likeness (QED) is 0.362. The number of likely N-dealkylation sites (N-methyl/N-ethyl adjacent to an activating group) is 2. The van der Waals surface area contributed by atoms with Crippen LogP contribution in [-0.4, -0.2) is 119 Å². The van der Waals surface area contributed by atoms with E-state index in [4.69, 9.17) is 18.9 Å². The van der Waals surface area contributed by atoms with E-state index in [-0.39, 0.29) is 24.4 Å². The summed E-state index contributed by atoms with van der Waals surface area (Å²) >= 11 is 0. The molecule has 3 N–H and O–H groups in total. The van der Waals surface area contributed by atoms with Crippen molar-refractivity contribution in [3.05, 3.63) is 0 Å². The largest absolute Gasteiger partial charge is 0.459 e. The molecule has 3 aliphatic rings. The van der Waals surface area contributed by atoms with Crippen LogP contribution in [0, 0.1) is 11.8 Å². The molecule has 0 bridgehead atoms. The first-order valence-electron chi connectivity index (χ1n) is 13.7. The van der Waals surface area contributed by atoms with Crippen LogP contribution in [0.4, 0.5) is 0 Å². The van der Waals surface area contributed by atoms with Gasteiger partial charge in [-0.25, -0.2) is 0 Å². The van der Waals surface area contributed by atoms with Crippen molar-refractivity contribution in [2.45, 2.75) is 128 Å². The maximum atomic E-state index is 13.5. The number of cyclic esters (lactones) is 1. The molecule has 216 valence electrons. The lowest BCUT2D eigenvalue weighted by molar-refractivity contribution is -0.233.